The fourth-order valence-electron chi connectivity index (χ4n) is 3.60. The van der Waals surface area contributed by atoms with Gasteiger partial charge in [0.05, 0.1) is 0 Å². The van der Waals surface area contributed by atoms with Crippen LogP contribution in [0.1, 0.15) is 40.0 Å². The highest BCUT2D eigenvalue weighted by atomic mass is 16.1. The van der Waals surface area contributed by atoms with E-state index in [0.717, 1.165) is 11.5 Å². The van der Waals surface area contributed by atoms with Crippen molar-refractivity contribution in [2.45, 2.75) is 40.0 Å². The number of hydrogen-bond donors (Lipinski definition) is 0. The van der Waals surface area contributed by atoms with Crippen LogP contribution >= 0.6 is 0 Å². The summed E-state index contributed by atoms with van der Waals surface area (Å²) in [6, 6.07) is 0. The SMILES string of the molecule is C=C(C)C1C(=O)C=C(C)[C@@H]2CC[C@H](C)C[C@@H]12. The molecule has 1 heteroatoms. The number of allylic oxidation sites excluding steroid dienone is 3. The summed E-state index contributed by atoms with van der Waals surface area (Å²) in [5.74, 6) is 2.31. The van der Waals surface area contributed by atoms with Crippen LogP contribution in [0.2, 0.25) is 0 Å². The minimum atomic E-state index is 0.0939. The molecule has 2 aliphatic rings. The van der Waals surface area contributed by atoms with E-state index in [1.165, 1.54) is 24.8 Å². The van der Waals surface area contributed by atoms with Gasteiger partial charge in [-0.15, -0.1) is 0 Å². The fraction of sp³-hybridized carbons (Fsp3) is 0.667. The first-order valence-corrected chi connectivity index (χ1v) is 6.38. The van der Waals surface area contributed by atoms with Crippen LogP contribution < -0.4 is 0 Å². The molecular weight excluding hydrogens is 196 g/mol. The molecule has 1 unspecified atom stereocenters. The van der Waals surface area contributed by atoms with Crippen molar-refractivity contribution < 1.29 is 4.79 Å². The van der Waals surface area contributed by atoms with Crippen molar-refractivity contribution in [3.05, 3.63) is 23.8 Å². The van der Waals surface area contributed by atoms with Crippen LogP contribution in [0.5, 0.6) is 0 Å². The zero-order valence-corrected chi connectivity index (χ0v) is 10.6. The number of hydrogen-bond acceptors (Lipinski definition) is 1. The van der Waals surface area contributed by atoms with E-state index in [1.807, 2.05) is 13.0 Å². The molecule has 0 amide bonds. The van der Waals surface area contributed by atoms with Crippen molar-refractivity contribution in [3.63, 3.8) is 0 Å². The van der Waals surface area contributed by atoms with Gasteiger partial charge in [0.2, 0.25) is 0 Å². The molecule has 2 rings (SSSR count). The van der Waals surface area contributed by atoms with Gasteiger partial charge in [-0.05, 0) is 50.5 Å². The van der Waals surface area contributed by atoms with Crippen molar-refractivity contribution in [1.82, 2.24) is 0 Å². The normalized spacial score (nSPS) is 38.9. The Morgan fingerprint density at radius 3 is 2.75 bits per heavy atom. The van der Waals surface area contributed by atoms with E-state index in [1.54, 1.807) is 0 Å². The van der Waals surface area contributed by atoms with Gasteiger partial charge < -0.3 is 0 Å². The number of carbonyl (C=O) groups excluding carboxylic acids is 1. The molecule has 0 aromatic carbocycles. The lowest BCUT2D eigenvalue weighted by Gasteiger charge is -2.42. The molecule has 0 radical (unpaired) electrons. The standard InChI is InChI=1S/C15H22O/c1-9(2)15-13-7-10(3)5-6-12(13)11(4)8-14(15)16/h8,10,12-13,15H,1,5-7H2,2-4H3/t10-,12-,13+,15?/m0/s1. The summed E-state index contributed by atoms with van der Waals surface area (Å²) in [6.07, 6.45) is 5.63. The highest BCUT2D eigenvalue weighted by molar-refractivity contribution is 5.95. The molecule has 0 N–H and O–H groups in total. The monoisotopic (exact) mass is 218 g/mol. The van der Waals surface area contributed by atoms with E-state index in [4.69, 9.17) is 0 Å². The van der Waals surface area contributed by atoms with E-state index in [2.05, 4.69) is 20.4 Å². The van der Waals surface area contributed by atoms with E-state index >= 15 is 0 Å². The Morgan fingerprint density at radius 2 is 2.12 bits per heavy atom. The van der Waals surface area contributed by atoms with Gasteiger partial charge in [-0.25, -0.2) is 0 Å². The van der Waals surface area contributed by atoms with Gasteiger partial charge >= 0.3 is 0 Å². The highest BCUT2D eigenvalue weighted by Gasteiger charge is 2.41. The van der Waals surface area contributed by atoms with Gasteiger partial charge in [-0.3, -0.25) is 4.79 Å². The van der Waals surface area contributed by atoms with E-state index in [-0.39, 0.29) is 5.92 Å². The number of rotatable bonds is 1. The van der Waals surface area contributed by atoms with Crippen molar-refractivity contribution in [2.75, 3.05) is 0 Å². The smallest absolute Gasteiger partial charge is 0.163 e. The van der Waals surface area contributed by atoms with Crippen LogP contribution in [0, 0.1) is 23.7 Å². The van der Waals surface area contributed by atoms with Crippen LogP contribution in [0.3, 0.4) is 0 Å². The van der Waals surface area contributed by atoms with Crippen LogP contribution in [-0.2, 0) is 4.79 Å². The summed E-state index contributed by atoms with van der Waals surface area (Å²) < 4.78 is 0. The van der Waals surface area contributed by atoms with Crippen molar-refractivity contribution >= 4 is 5.78 Å². The average Bonchev–Trinajstić information content (AvgIpc) is 2.15. The molecule has 0 bridgehead atoms. The van der Waals surface area contributed by atoms with Gasteiger partial charge in [0, 0.05) is 5.92 Å². The molecular formula is C15H22O. The Kier molecular flexibility index (Phi) is 3.05. The Labute approximate surface area is 98.6 Å². The molecule has 2 aliphatic carbocycles. The highest BCUT2D eigenvalue weighted by Crippen LogP contribution is 2.46. The van der Waals surface area contributed by atoms with Crippen LogP contribution in [-0.4, -0.2) is 5.78 Å². The van der Waals surface area contributed by atoms with E-state index < -0.39 is 0 Å². The third-order valence-corrected chi connectivity index (χ3v) is 4.38. The average molecular weight is 218 g/mol. The molecule has 16 heavy (non-hydrogen) atoms. The van der Waals surface area contributed by atoms with Crippen molar-refractivity contribution in [2.24, 2.45) is 23.7 Å². The van der Waals surface area contributed by atoms with E-state index in [9.17, 15) is 4.79 Å². The second kappa shape index (κ2) is 4.20. The molecule has 0 aromatic heterocycles. The third kappa shape index (κ3) is 1.88. The summed E-state index contributed by atoms with van der Waals surface area (Å²) in [6.45, 7) is 10.5. The zero-order chi connectivity index (χ0) is 11.9. The topological polar surface area (TPSA) is 17.1 Å². The molecule has 0 saturated heterocycles. The first kappa shape index (κ1) is 11.6. The third-order valence-electron chi connectivity index (χ3n) is 4.38. The maximum atomic E-state index is 12.1. The number of carbonyl (C=O) groups is 1. The lowest BCUT2D eigenvalue weighted by molar-refractivity contribution is -0.120. The Balaban J connectivity index is 2.33. The van der Waals surface area contributed by atoms with Crippen LogP contribution in [0.4, 0.5) is 0 Å². The first-order valence-electron chi connectivity index (χ1n) is 6.38. The second-order valence-corrected chi connectivity index (χ2v) is 5.80. The fourth-order valence-corrected chi connectivity index (χ4v) is 3.60. The zero-order valence-electron chi connectivity index (χ0n) is 10.6. The predicted molar refractivity (Wildman–Crippen MR) is 67.1 cm³/mol. The first-order chi connectivity index (χ1) is 7.50. The number of ketones is 1. The largest absolute Gasteiger partial charge is 0.294 e. The Hall–Kier alpha value is -0.850. The minimum Gasteiger partial charge on any atom is -0.294 e. The lowest BCUT2D eigenvalue weighted by atomic mass is 9.61. The van der Waals surface area contributed by atoms with Gasteiger partial charge in [0.15, 0.2) is 5.78 Å². The number of fused-ring (bicyclic) bond motifs is 1. The van der Waals surface area contributed by atoms with Crippen molar-refractivity contribution in [3.8, 4) is 0 Å². The predicted octanol–water partition coefficient (Wildman–Crippen LogP) is 3.76. The second-order valence-electron chi connectivity index (χ2n) is 5.80. The summed E-state index contributed by atoms with van der Waals surface area (Å²) in [4.78, 5) is 12.1. The molecule has 1 nitrogen and oxygen atoms in total. The molecule has 88 valence electrons. The lowest BCUT2D eigenvalue weighted by Crippen LogP contribution is -2.38. The summed E-state index contributed by atoms with van der Waals surface area (Å²) >= 11 is 0. The van der Waals surface area contributed by atoms with Crippen molar-refractivity contribution in [1.29, 1.82) is 0 Å². The summed E-state index contributed by atoms with van der Waals surface area (Å²) in [5.41, 5.74) is 2.36. The maximum absolute atomic E-state index is 12.1. The maximum Gasteiger partial charge on any atom is 0.163 e. The molecule has 1 fully saturated rings. The van der Waals surface area contributed by atoms with Gasteiger partial charge in [0.1, 0.15) is 0 Å². The Morgan fingerprint density at radius 1 is 1.44 bits per heavy atom. The van der Waals surface area contributed by atoms with Gasteiger partial charge in [0.25, 0.3) is 0 Å². The molecule has 0 aromatic rings. The summed E-state index contributed by atoms with van der Waals surface area (Å²) in [5, 5.41) is 0. The van der Waals surface area contributed by atoms with Gasteiger partial charge in [-0.2, -0.15) is 0 Å². The van der Waals surface area contributed by atoms with Gasteiger partial charge in [-0.1, -0.05) is 31.1 Å². The minimum absolute atomic E-state index is 0.0939. The molecule has 0 aliphatic heterocycles. The summed E-state index contributed by atoms with van der Waals surface area (Å²) in [7, 11) is 0. The molecule has 1 saturated carbocycles. The van der Waals surface area contributed by atoms with Crippen LogP contribution in [0.15, 0.2) is 23.8 Å². The molecule has 4 atom stereocenters. The Bertz CT molecular complexity index is 350. The van der Waals surface area contributed by atoms with Crippen LogP contribution in [0.25, 0.3) is 0 Å². The van der Waals surface area contributed by atoms with E-state index in [0.29, 0.717) is 17.6 Å². The quantitative estimate of drug-likeness (QED) is 0.612. The molecule has 0 spiro atoms. The molecule has 0 heterocycles.